The molecule has 0 saturated heterocycles. The standard InChI is InChI=1S/C38H70/c1-7-11-13-15-17-19-21-23-25-27-33-37(5,9-3)35-29-31-36(32-30-35)38(6,10-4)34-28-26-24-22-20-18-16-14-12-8-2/h29-32H,7-28,33-34H2,1-6H3. The molecule has 0 aliphatic heterocycles. The minimum Gasteiger partial charge on any atom is -0.0654 e. The maximum Gasteiger partial charge on any atom is -0.00779 e. The fraction of sp³-hybridized carbons (Fsp3) is 0.842. The van der Waals surface area contributed by atoms with Gasteiger partial charge >= 0.3 is 0 Å². The van der Waals surface area contributed by atoms with Crippen molar-refractivity contribution in [1.29, 1.82) is 0 Å². The summed E-state index contributed by atoms with van der Waals surface area (Å²) in [5.41, 5.74) is 3.80. The van der Waals surface area contributed by atoms with Gasteiger partial charge in [0.25, 0.3) is 0 Å². The van der Waals surface area contributed by atoms with Crippen LogP contribution in [0.2, 0.25) is 0 Å². The molecule has 0 heterocycles. The maximum atomic E-state index is 2.51. The second kappa shape index (κ2) is 22.0. The van der Waals surface area contributed by atoms with Gasteiger partial charge in [-0.3, -0.25) is 0 Å². The highest BCUT2D eigenvalue weighted by Gasteiger charge is 2.27. The Bertz CT molecular complexity index is 586. The van der Waals surface area contributed by atoms with E-state index in [2.05, 4.69) is 65.8 Å². The molecule has 0 aliphatic rings. The highest BCUT2D eigenvalue weighted by Crippen LogP contribution is 2.37. The summed E-state index contributed by atoms with van der Waals surface area (Å²) in [5, 5.41) is 0. The van der Waals surface area contributed by atoms with E-state index in [1.165, 1.54) is 154 Å². The molecule has 2 unspecified atom stereocenters. The molecule has 0 saturated carbocycles. The summed E-state index contributed by atoms with van der Waals surface area (Å²) >= 11 is 0. The zero-order valence-corrected chi connectivity index (χ0v) is 27.3. The minimum atomic E-state index is 0.331. The quantitative estimate of drug-likeness (QED) is 0.105. The van der Waals surface area contributed by atoms with Gasteiger partial charge in [0, 0.05) is 0 Å². The average molecular weight is 527 g/mol. The molecular weight excluding hydrogens is 456 g/mol. The topological polar surface area (TPSA) is 0 Å². The first-order valence-electron chi connectivity index (χ1n) is 17.6. The van der Waals surface area contributed by atoms with Gasteiger partial charge in [0.15, 0.2) is 0 Å². The summed E-state index contributed by atoms with van der Waals surface area (Å²) in [6.07, 6.45) is 33.7. The monoisotopic (exact) mass is 527 g/mol. The Morgan fingerprint density at radius 1 is 0.368 bits per heavy atom. The largest absolute Gasteiger partial charge is 0.0654 e. The second-order valence-electron chi connectivity index (χ2n) is 13.3. The highest BCUT2D eigenvalue weighted by atomic mass is 14.3. The van der Waals surface area contributed by atoms with Crippen LogP contribution in [-0.4, -0.2) is 0 Å². The lowest BCUT2D eigenvalue weighted by Gasteiger charge is -2.32. The van der Waals surface area contributed by atoms with Gasteiger partial charge in [-0.25, -0.2) is 0 Å². The lowest BCUT2D eigenvalue weighted by molar-refractivity contribution is 0.387. The third-order valence-electron chi connectivity index (χ3n) is 10.0. The molecule has 0 fully saturated rings. The van der Waals surface area contributed by atoms with Crippen molar-refractivity contribution in [2.75, 3.05) is 0 Å². The minimum absolute atomic E-state index is 0.331. The van der Waals surface area contributed by atoms with Crippen LogP contribution in [0.5, 0.6) is 0 Å². The van der Waals surface area contributed by atoms with Crippen LogP contribution >= 0.6 is 0 Å². The molecule has 0 spiro atoms. The summed E-state index contributed by atoms with van der Waals surface area (Å²) in [6, 6.07) is 9.95. The predicted molar refractivity (Wildman–Crippen MR) is 175 cm³/mol. The third-order valence-corrected chi connectivity index (χ3v) is 10.0. The Kier molecular flexibility index (Phi) is 20.4. The summed E-state index contributed by atoms with van der Waals surface area (Å²) in [6.45, 7) is 14.4. The Hall–Kier alpha value is -0.780. The molecule has 1 aromatic carbocycles. The van der Waals surface area contributed by atoms with E-state index in [-0.39, 0.29) is 0 Å². The molecule has 0 nitrogen and oxygen atoms in total. The molecule has 222 valence electrons. The van der Waals surface area contributed by atoms with E-state index >= 15 is 0 Å². The van der Waals surface area contributed by atoms with Gasteiger partial charge in [0.05, 0.1) is 0 Å². The molecule has 2 atom stereocenters. The van der Waals surface area contributed by atoms with Gasteiger partial charge in [-0.05, 0) is 47.6 Å². The number of benzene rings is 1. The molecule has 38 heavy (non-hydrogen) atoms. The van der Waals surface area contributed by atoms with Crippen LogP contribution in [0, 0.1) is 0 Å². The number of unbranched alkanes of at least 4 members (excludes halogenated alkanes) is 18. The van der Waals surface area contributed by atoms with E-state index in [0.29, 0.717) is 10.8 Å². The average Bonchev–Trinajstić information content (AvgIpc) is 2.94. The number of hydrogen-bond acceptors (Lipinski definition) is 0. The Labute approximate surface area is 241 Å². The van der Waals surface area contributed by atoms with Crippen LogP contribution in [0.25, 0.3) is 0 Å². The SMILES string of the molecule is CCCCCCCCCCCCC(C)(CC)c1ccc(C(C)(CC)CCCCCCCCCCCC)cc1. The summed E-state index contributed by atoms with van der Waals surface area (Å²) in [5.74, 6) is 0. The zero-order valence-electron chi connectivity index (χ0n) is 27.3. The number of rotatable bonds is 26. The molecule has 0 amide bonds. The van der Waals surface area contributed by atoms with Crippen molar-refractivity contribution in [2.24, 2.45) is 0 Å². The predicted octanol–water partition coefficient (Wildman–Crippen LogP) is 13.6. The Morgan fingerprint density at radius 2 is 0.605 bits per heavy atom. The lowest BCUT2D eigenvalue weighted by Crippen LogP contribution is -2.23. The molecule has 1 rings (SSSR count). The van der Waals surface area contributed by atoms with Gasteiger partial charge < -0.3 is 0 Å². The van der Waals surface area contributed by atoms with E-state index in [4.69, 9.17) is 0 Å². The normalized spacial score (nSPS) is 14.9. The molecular formula is C38H70. The van der Waals surface area contributed by atoms with E-state index in [1.807, 2.05) is 0 Å². The summed E-state index contributed by atoms with van der Waals surface area (Å²) < 4.78 is 0. The van der Waals surface area contributed by atoms with Crippen LogP contribution < -0.4 is 0 Å². The molecule has 0 aromatic heterocycles. The second-order valence-corrected chi connectivity index (χ2v) is 13.3. The fourth-order valence-electron chi connectivity index (χ4n) is 6.33. The van der Waals surface area contributed by atoms with E-state index < -0.39 is 0 Å². The van der Waals surface area contributed by atoms with Crippen LogP contribution in [-0.2, 0) is 10.8 Å². The zero-order chi connectivity index (χ0) is 28.0. The van der Waals surface area contributed by atoms with E-state index in [9.17, 15) is 0 Å². The van der Waals surface area contributed by atoms with Crippen molar-refractivity contribution in [3.63, 3.8) is 0 Å². The maximum absolute atomic E-state index is 2.51. The van der Waals surface area contributed by atoms with Crippen molar-refractivity contribution in [2.45, 2.75) is 206 Å². The van der Waals surface area contributed by atoms with Crippen LogP contribution in [0.4, 0.5) is 0 Å². The van der Waals surface area contributed by atoms with Gasteiger partial charge in [-0.15, -0.1) is 0 Å². The van der Waals surface area contributed by atoms with Gasteiger partial charge in [0.1, 0.15) is 0 Å². The van der Waals surface area contributed by atoms with E-state index in [1.54, 1.807) is 11.1 Å². The molecule has 0 aliphatic carbocycles. The van der Waals surface area contributed by atoms with Gasteiger partial charge in [0.2, 0.25) is 0 Å². The third kappa shape index (κ3) is 14.6. The van der Waals surface area contributed by atoms with Gasteiger partial charge in [-0.2, -0.15) is 0 Å². The van der Waals surface area contributed by atoms with Crippen molar-refractivity contribution < 1.29 is 0 Å². The first-order chi connectivity index (χ1) is 18.5. The van der Waals surface area contributed by atoms with Crippen molar-refractivity contribution >= 4 is 0 Å². The first-order valence-corrected chi connectivity index (χ1v) is 17.6. The highest BCUT2D eigenvalue weighted by molar-refractivity contribution is 5.32. The first kappa shape index (κ1) is 35.2. The molecule has 0 N–H and O–H groups in total. The summed E-state index contributed by atoms with van der Waals surface area (Å²) in [4.78, 5) is 0. The fourth-order valence-corrected chi connectivity index (χ4v) is 6.33. The Morgan fingerprint density at radius 3 is 0.842 bits per heavy atom. The molecule has 0 radical (unpaired) electrons. The molecule has 0 bridgehead atoms. The van der Waals surface area contributed by atoms with Crippen LogP contribution in [0.3, 0.4) is 0 Å². The summed E-state index contributed by atoms with van der Waals surface area (Å²) in [7, 11) is 0. The van der Waals surface area contributed by atoms with Crippen molar-refractivity contribution in [3.05, 3.63) is 35.4 Å². The number of hydrogen-bond donors (Lipinski definition) is 0. The molecule has 0 heteroatoms. The smallest absolute Gasteiger partial charge is 0.00779 e. The van der Waals surface area contributed by atoms with Gasteiger partial charge in [-0.1, -0.05) is 194 Å². The van der Waals surface area contributed by atoms with E-state index in [0.717, 1.165) is 0 Å². The molecule has 1 aromatic rings. The lowest BCUT2D eigenvalue weighted by atomic mass is 9.72. The van der Waals surface area contributed by atoms with Crippen LogP contribution in [0.15, 0.2) is 24.3 Å². The Balaban J connectivity index is 2.39. The van der Waals surface area contributed by atoms with Crippen molar-refractivity contribution in [3.8, 4) is 0 Å². The van der Waals surface area contributed by atoms with Crippen molar-refractivity contribution in [1.82, 2.24) is 0 Å². The van der Waals surface area contributed by atoms with Crippen LogP contribution in [0.1, 0.15) is 207 Å².